The standard InChI is InChI=1S/C18H28O2/c1-12(2)15-6-5-14(4)11-16(15)18(17(19)20)9-7-13(3)8-10-18/h7-9,12,14-16H,5-6,10-11H2,1-4H3,(H,19,20). The SMILES string of the molecule is CC1=CCC(C(=O)O)(C2CC(C)CCC2C(C)C)C=C1. The van der Waals surface area contributed by atoms with Gasteiger partial charge in [0, 0.05) is 0 Å². The highest BCUT2D eigenvalue weighted by Crippen LogP contribution is 2.51. The molecule has 2 rings (SSSR count). The van der Waals surface area contributed by atoms with E-state index in [1.54, 1.807) is 0 Å². The van der Waals surface area contributed by atoms with Gasteiger partial charge in [0.15, 0.2) is 0 Å². The molecule has 20 heavy (non-hydrogen) atoms. The third-order valence-electron chi connectivity index (χ3n) is 5.49. The maximum atomic E-state index is 12.1. The zero-order valence-corrected chi connectivity index (χ0v) is 13.2. The summed E-state index contributed by atoms with van der Waals surface area (Å²) in [6.07, 6.45) is 10.2. The molecule has 1 N–H and O–H groups in total. The lowest BCUT2D eigenvalue weighted by Crippen LogP contribution is -2.45. The fourth-order valence-electron chi connectivity index (χ4n) is 4.13. The van der Waals surface area contributed by atoms with Crippen LogP contribution < -0.4 is 0 Å². The first-order chi connectivity index (χ1) is 9.36. The van der Waals surface area contributed by atoms with Crippen molar-refractivity contribution in [2.45, 2.75) is 53.4 Å². The van der Waals surface area contributed by atoms with E-state index in [1.165, 1.54) is 18.4 Å². The van der Waals surface area contributed by atoms with Crippen molar-refractivity contribution in [3.8, 4) is 0 Å². The minimum absolute atomic E-state index is 0.268. The van der Waals surface area contributed by atoms with Gasteiger partial charge in [0.25, 0.3) is 0 Å². The van der Waals surface area contributed by atoms with Crippen LogP contribution in [0.5, 0.6) is 0 Å². The molecule has 0 aromatic rings. The molecular weight excluding hydrogens is 248 g/mol. The van der Waals surface area contributed by atoms with E-state index in [-0.39, 0.29) is 5.92 Å². The second-order valence-corrected chi connectivity index (χ2v) is 7.26. The zero-order chi connectivity index (χ0) is 14.9. The molecule has 0 heterocycles. The van der Waals surface area contributed by atoms with Crippen molar-refractivity contribution in [3.63, 3.8) is 0 Å². The summed E-state index contributed by atoms with van der Waals surface area (Å²) in [5, 5.41) is 9.93. The van der Waals surface area contributed by atoms with Crippen LogP contribution in [-0.2, 0) is 4.79 Å². The minimum atomic E-state index is -0.677. The summed E-state index contributed by atoms with van der Waals surface area (Å²) in [7, 11) is 0. The van der Waals surface area contributed by atoms with E-state index in [0.29, 0.717) is 24.2 Å². The normalized spacial score (nSPS) is 37.9. The number of hydrogen-bond donors (Lipinski definition) is 1. The molecule has 4 unspecified atom stereocenters. The summed E-state index contributed by atoms with van der Waals surface area (Å²) < 4.78 is 0. The van der Waals surface area contributed by atoms with E-state index in [1.807, 2.05) is 19.1 Å². The van der Waals surface area contributed by atoms with Gasteiger partial charge in [-0.2, -0.15) is 0 Å². The van der Waals surface area contributed by atoms with Gasteiger partial charge in [-0.3, -0.25) is 4.79 Å². The number of carbonyl (C=O) groups is 1. The minimum Gasteiger partial charge on any atom is -0.481 e. The number of carboxylic acids is 1. The molecule has 0 aromatic heterocycles. The first-order valence-electron chi connectivity index (χ1n) is 7.96. The Kier molecular flexibility index (Phi) is 4.41. The molecule has 2 nitrogen and oxygen atoms in total. The zero-order valence-electron chi connectivity index (χ0n) is 13.2. The third-order valence-corrected chi connectivity index (χ3v) is 5.49. The molecule has 2 aliphatic carbocycles. The van der Waals surface area contributed by atoms with E-state index in [2.05, 4.69) is 26.8 Å². The van der Waals surface area contributed by atoms with Gasteiger partial charge < -0.3 is 5.11 Å². The average Bonchev–Trinajstić information content (AvgIpc) is 2.39. The van der Waals surface area contributed by atoms with Crippen LogP contribution in [0.25, 0.3) is 0 Å². The fourth-order valence-corrected chi connectivity index (χ4v) is 4.13. The van der Waals surface area contributed by atoms with Crippen LogP contribution in [0.15, 0.2) is 23.8 Å². The van der Waals surface area contributed by atoms with Gasteiger partial charge >= 0.3 is 5.97 Å². The van der Waals surface area contributed by atoms with E-state index in [9.17, 15) is 9.90 Å². The Morgan fingerprint density at radius 2 is 2.10 bits per heavy atom. The Morgan fingerprint density at radius 1 is 1.40 bits per heavy atom. The van der Waals surface area contributed by atoms with E-state index in [0.717, 1.165) is 6.42 Å². The second kappa shape index (κ2) is 5.75. The molecule has 0 saturated heterocycles. The predicted octanol–water partition coefficient (Wildman–Crippen LogP) is 4.67. The Balaban J connectivity index is 2.36. The molecule has 0 aliphatic heterocycles. The molecule has 1 saturated carbocycles. The molecule has 0 aromatic carbocycles. The molecule has 2 heteroatoms. The van der Waals surface area contributed by atoms with Crippen LogP contribution in [-0.4, -0.2) is 11.1 Å². The van der Waals surface area contributed by atoms with Crippen molar-refractivity contribution in [1.29, 1.82) is 0 Å². The summed E-state index contributed by atoms with van der Waals surface area (Å²) in [5.41, 5.74) is 0.509. The maximum Gasteiger partial charge on any atom is 0.314 e. The molecule has 0 amide bonds. The average molecular weight is 276 g/mol. The smallest absolute Gasteiger partial charge is 0.314 e. The van der Waals surface area contributed by atoms with Crippen LogP contribution >= 0.6 is 0 Å². The lowest BCUT2D eigenvalue weighted by molar-refractivity contribution is -0.152. The molecule has 112 valence electrons. The van der Waals surface area contributed by atoms with Gasteiger partial charge in [-0.05, 0) is 49.9 Å². The summed E-state index contributed by atoms with van der Waals surface area (Å²) >= 11 is 0. The van der Waals surface area contributed by atoms with Gasteiger partial charge in [-0.25, -0.2) is 0 Å². The van der Waals surface area contributed by atoms with Crippen molar-refractivity contribution >= 4 is 5.97 Å². The van der Waals surface area contributed by atoms with Gasteiger partial charge in [-0.15, -0.1) is 0 Å². The van der Waals surface area contributed by atoms with Gasteiger partial charge in [0.05, 0.1) is 5.41 Å². The van der Waals surface area contributed by atoms with Crippen LogP contribution in [0.1, 0.15) is 53.4 Å². The summed E-state index contributed by atoms with van der Waals surface area (Å²) in [4.78, 5) is 12.1. The predicted molar refractivity (Wildman–Crippen MR) is 82.4 cm³/mol. The Morgan fingerprint density at radius 3 is 2.60 bits per heavy atom. The summed E-state index contributed by atoms with van der Waals surface area (Å²) in [6, 6.07) is 0. The topological polar surface area (TPSA) is 37.3 Å². The highest BCUT2D eigenvalue weighted by Gasteiger charge is 2.49. The molecule has 2 aliphatic rings. The Bertz CT molecular complexity index is 433. The van der Waals surface area contributed by atoms with Crippen molar-refractivity contribution in [2.75, 3.05) is 0 Å². The van der Waals surface area contributed by atoms with Crippen molar-refractivity contribution < 1.29 is 9.90 Å². The van der Waals surface area contributed by atoms with Crippen LogP contribution in [0.2, 0.25) is 0 Å². The molecule has 0 spiro atoms. The van der Waals surface area contributed by atoms with Gasteiger partial charge in [-0.1, -0.05) is 51.0 Å². The first kappa shape index (κ1) is 15.3. The van der Waals surface area contributed by atoms with Crippen LogP contribution in [0.4, 0.5) is 0 Å². The number of hydrogen-bond acceptors (Lipinski definition) is 1. The number of carboxylic acid groups (broad SMARTS) is 1. The summed E-state index contributed by atoms with van der Waals surface area (Å²) in [6.45, 7) is 8.81. The van der Waals surface area contributed by atoms with Crippen molar-refractivity contribution in [1.82, 2.24) is 0 Å². The first-order valence-corrected chi connectivity index (χ1v) is 7.96. The monoisotopic (exact) mass is 276 g/mol. The highest BCUT2D eigenvalue weighted by molar-refractivity contribution is 5.78. The maximum absolute atomic E-state index is 12.1. The van der Waals surface area contributed by atoms with Crippen LogP contribution in [0.3, 0.4) is 0 Å². The number of aliphatic carboxylic acids is 1. The highest BCUT2D eigenvalue weighted by atomic mass is 16.4. The third kappa shape index (κ3) is 2.70. The van der Waals surface area contributed by atoms with Crippen LogP contribution in [0, 0.1) is 29.1 Å². The number of rotatable bonds is 3. The molecule has 4 atom stereocenters. The van der Waals surface area contributed by atoms with E-state index < -0.39 is 11.4 Å². The van der Waals surface area contributed by atoms with Gasteiger partial charge in [0.1, 0.15) is 0 Å². The summed E-state index contributed by atoms with van der Waals surface area (Å²) in [5.74, 6) is 1.36. The lowest BCUT2D eigenvalue weighted by atomic mass is 9.57. The molecular formula is C18H28O2. The molecule has 0 radical (unpaired) electrons. The lowest BCUT2D eigenvalue weighted by Gasteiger charge is -2.46. The van der Waals surface area contributed by atoms with Crippen molar-refractivity contribution in [2.24, 2.45) is 29.1 Å². The Labute approximate surface area is 123 Å². The number of allylic oxidation sites excluding steroid dienone is 3. The van der Waals surface area contributed by atoms with E-state index in [4.69, 9.17) is 0 Å². The largest absolute Gasteiger partial charge is 0.481 e. The second-order valence-electron chi connectivity index (χ2n) is 7.26. The molecule has 1 fully saturated rings. The van der Waals surface area contributed by atoms with Gasteiger partial charge in [0.2, 0.25) is 0 Å². The van der Waals surface area contributed by atoms with Crippen molar-refractivity contribution in [3.05, 3.63) is 23.8 Å². The Hall–Kier alpha value is -1.05. The molecule has 0 bridgehead atoms. The van der Waals surface area contributed by atoms with E-state index >= 15 is 0 Å². The quantitative estimate of drug-likeness (QED) is 0.813. The fraction of sp³-hybridized carbons (Fsp3) is 0.722.